The van der Waals surface area contributed by atoms with Crippen molar-refractivity contribution in [3.63, 3.8) is 0 Å². The van der Waals surface area contributed by atoms with Crippen LogP contribution < -0.4 is 5.73 Å². The Hall–Kier alpha value is -1.16. The van der Waals surface area contributed by atoms with Gasteiger partial charge in [-0.2, -0.15) is 11.8 Å². The third-order valence-electron chi connectivity index (χ3n) is 2.15. The first-order valence-corrected chi connectivity index (χ1v) is 6.41. The van der Waals surface area contributed by atoms with Crippen molar-refractivity contribution in [2.45, 2.75) is 13.8 Å². The van der Waals surface area contributed by atoms with Crippen molar-refractivity contribution in [3.05, 3.63) is 29.3 Å². The predicted octanol–water partition coefficient (Wildman–Crippen LogP) is 2.49. The number of anilines is 1. The molecule has 0 aliphatic heterocycles. The van der Waals surface area contributed by atoms with Crippen LogP contribution in [0.4, 0.5) is 5.69 Å². The van der Waals surface area contributed by atoms with Crippen LogP contribution in [-0.2, 0) is 4.74 Å². The number of nitrogens with two attached hydrogens (primary N) is 1. The second kappa shape index (κ2) is 6.43. The van der Waals surface area contributed by atoms with Gasteiger partial charge < -0.3 is 10.5 Å². The minimum absolute atomic E-state index is 0.290. The molecule has 0 heterocycles. The van der Waals surface area contributed by atoms with Crippen LogP contribution in [-0.4, -0.2) is 24.1 Å². The summed E-state index contributed by atoms with van der Waals surface area (Å²) < 4.78 is 5.15. The molecule has 0 aliphatic carbocycles. The Morgan fingerprint density at radius 2 is 2.25 bits per heavy atom. The van der Waals surface area contributed by atoms with Crippen LogP contribution in [0.2, 0.25) is 0 Å². The van der Waals surface area contributed by atoms with Crippen molar-refractivity contribution in [1.82, 2.24) is 0 Å². The van der Waals surface area contributed by atoms with E-state index in [0.29, 0.717) is 17.9 Å². The Labute approximate surface area is 100 Å². The zero-order chi connectivity index (χ0) is 12.0. The molecule has 0 aromatic heterocycles. The Balaban J connectivity index is 2.55. The molecular formula is C12H17NO2S. The lowest BCUT2D eigenvalue weighted by Crippen LogP contribution is -2.10. The Morgan fingerprint density at radius 1 is 1.50 bits per heavy atom. The van der Waals surface area contributed by atoms with Gasteiger partial charge in [-0.1, -0.05) is 13.0 Å². The van der Waals surface area contributed by atoms with Crippen LogP contribution >= 0.6 is 11.8 Å². The van der Waals surface area contributed by atoms with Crippen molar-refractivity contribution in [1.29, 1.82) is 0 Å². The van der Waals surface area contributed by atoms with E-state index in [-0.39, 0.29) is 5.97 Å². The summed E-state index contributed by atoms with van der Waals surface area (Å²) in [7, 11) is 0. The van der Waals surface area contributed by atoms with Crippen molar-refractivity contribution in [2.24, 2.45) is 0 Å². The summed E-state index contributed by atoms with van der Waals surface area (Å²) in [6, 6.07) is 5.26. The number of thioether (sulfide) groups is 1. The van der Waals surface area contributed by atoms with Gasteiger partial charge in [0.25, 0.3) is 0 Å². The van der Waals surface area contributed by atoms with Gasteiger partial charge in [0.05, 0.1) is 5.56 Å². The molecule has 0 fully saturated rings. The number of carbonyl (C=O) groups excluding carboxylic acids is 1. The van der Waals surface area contributed by atoms with E-state index in [1.165, 1.54) is 0 Å². The Bertz CT molecular complexity index is 366. The van der Waals surface area contributed by atoms with E-state index in [4.69, 9.17) is 10.5 Å². The average molecular weight is 239 g/mol. The third kappa shape index (κ3) is 3.77. The lowest BCUT2D eigenvalue weighted by Gasteiger charge is -2.07. The minimum Gasteiger partial charge on any atom is -0.461 e. The number of aryl methyl sites for hydroxylation is 1. The van der Waals surface area contributed by atoms with E-state index in [0.717, 1.165) is 17.1 Å². The molecule has 1 rings (SSSR count). The Morgan fingerprint density at radius 3 is 2.94 bits per heavy atom. The second-order valence-corrected chi connectivity index (χ2v) is 4.80. The van der Waals surface area contributed by atoms with E-state index >= 15 is 0 Å². The van der Waals surface area contributed by atoms with Gasteiger partial charge in [-0.05, 0) is 30.4 Å². The van der Waals surface area contributed by atoms with Gasteiger partial charge >= 0.3 is 5.97 Å². The molecule has 0 aliphatic rings. The Kier molecular flexibility index (Phi) is 5.19. The van der Waals surface area contributed by atoms with E-state index in [2.05, 4.69) is 6.92 Å². The monoisotopic (exact) mass is 239 g/mol. The summed E-state index contributed by atoms with van der Waals surface area (Å²) in [5.41, 5.74) is 7.66. The van der Waals surface area contributed by atoms with Crippen LogP contribution in [0.1, 0.15) is 22.8 Å². The molecule has 16 heavy (non-hydrogen) atoms. The van der Waals surface area contributed by atoms with E-state index in [9.17, 15) is 4.79 Å². The number of ether oxygens (including phenoxy) is 1. The van der Waals surface area contributed by atoms with Crippen LogP contribution in [0.15, 0.2) is 18.2 Å². The molecule has 0 unspecified atom stereocenters. The lowest BCUT2D eigenvalue weighted by atomic mass is 10.1. The molecule has 0 spiro atoms. The maximum Gasteiger partial charge on any atom is 0.338 e. The molecule has 88 valence electrons. The van der Waals surface area contributed by atoms with Gasteiger partial charge in [-0.25, -0.2) is 4.79 Å². The standard InChI is InChI=1S/C12H17NO2S/c1-3-16-7-6-15-12(14)11-8-10(13)5-4-9(11)2/h4-5,8H,3,6-7,13H2,1-2H3. The average Bonchev–Trinajstić information content (AvgIpc) is 2.27. The fraction of sp³-hybridized carbons (Fsp3) is 0.417. The molecule has 3 nitrogen and oxygen atoms in total. The van der Waals surface area contributed by atoms with Gasteiger partial charge in [0.2, 0.25) is 0 Å². The highest BCUT2D eigenvalue weighted by molar-refractivity contribution is 7.99. The van der Waals surface area contributed by atoms with Crippen LogP contribution in [0.3, 0.4) is 0 Å². The lowest BCUT2D eigenvalue weighted by molar-refractivity contribution is 0.0529. The predicted molar refractivity (Wildman–Crippen MR) is 68.9 cm³/mol. The number of esters is 1. The first-order chi connectivity index (χ1) is 7.65. The molecule has 0 amide bonds. The zero-order valence-electron chi connectivity index (χ0n) is 9.66. The molecule has 0 saturated heterocycles. The summed E-state index contributed by atoms with van der Waals surface area (Å²) in [6.07, 6.45) is 0. The van der Waals surface area contributed by atoms with Crippen LogP contribution in [0.25, 0.3) is 0 Å². The van der Waals surface area contributed by atoms with E-state index < -0.39 is 0 Å². The number of hydrogen-bond acceptors (Lipinski definition) is 4. The van der Waals surface area contributed by atoms with Gasteiger partial charge in [-0.3, -0.25) is 0 Å². The highest BCUT2D eigenvalue weighted by Crippen LogP contribution is 2.14. The quantitative estimate of drug-likeness (QED) is 0.487. The van der Waals surface area contributed by atoms with E-state index in [1.807, 2.05) is 13.0 Å². The summed E-state index contributed by atoms with van der Waals surface area (Å²) in [6.45, 7) is 4.40. The molecule has 0 radical (unpaired) electrons. The first-order valence-electron chi connectivity index (χ1n) is 5.26. The molecule has 2 N–H and O–H groups in total. The van der Waals surface area contributed by atoms with E-state index in [1.54, 1.807) is 23.9 Å². The topological polar surface area (TPSA) is 52.3 Å². The summed E-state index contributed by atoms with van der Waals surface area (Å²) in [5.74, 6) is 1.58. The molecule has 4 heteroatoms. The third-order valence-corrected chi connectivity index (χ3v) is 3.01. The maximum absolute atomic E-state index is 11.7. The minimum atomic E-state index is -0.290. The SMILES string of the molecule is CCSCCOC(=O)c1cc(N)ccc1C. The first kappa shape index (κ1) is 12.9. The molecule has 0 atom stereocenters. The van der Waals surface area contributed by atoms with Gasteiger partial charge in [0.1, 0.15) is 6.61 Å². The summed E-state index contributed by atoms with van der Waals surface area (Å²) >= 11 is 1.75. The van der Waals surface area contributed by atoms with Crippen LogP contribution in [0, 0.1) is 6.92 Å². The second-order valence-electron chi connectivity index (χ2n) is 3.41. The van der Waals surface area contributed by atoms with Gasteiger partial charge in [0, 0.05) is 11.4 Å². The number of rotatable bonds is 5. The normalized spacial score (nSPS) is 10.1. The van der Waals surface area contributed by atoms with Gasteiger partial charge in [0.15, 0.2) is 0 Å². The maximum atomic E-state index is 11.7. The van der Waals surface area contributed by atoms with Gasteiger partial charge in [-0.15, -0.1) is 0 Å². The smallest absolute Gasteiger partial charge is 0.338 e. The molecule has 1 aromatic rings. The molecule has 0 bridgehead atoms. The molecular weight excluding hydrogens is 222 g/mol. The fourth-order valence-corrected chi connectivity index (χ4v) is 1.76. The summed E-state index contributed by atoms with van der Waals surface area (Å²) in [5, 5.41) is 0. The zero-order valence-corrected chi connectivity index (χ0v) is 10.5. The van der Waals surface area contributed by atoms with Crippen molar-refractivity contribution in [2.75, 3.05) is 23.8 Å². The molecule has 1 aromatic carbocycles. The van der Waals surface area contributed by atoms with Crippen molar-refractivity contribution < 1.29 is 9.53 Å². The van der Waals surface area contributed by atoms with Crippen molar-refractivity contribution >= 4 is 23.4 Å². The number of hydrogen-bond donors (Lipinski definition) is 1. The number of carbonyl (C=O) groups is 1. The van der Waals surface area contributed by atoms with Crippen molar-refractivity contribution in [3.8, 4) is 0 Å². The highest BCUT2D eigenvalue weighted by atomic mass is 32.2. The number of benzene rings is 1. The highest BCUT2D eigenvalue weighted by Gasteiger charge is 2.10. The molecule has 0 saturated carbocycles. The largest absolute Gasteiger partial charge is 0.461 e. The summed E-state index contributed by atoms with van der Waals surface area (Å²) in [4.78, 5) is 11.7. The fourth-order valence-electron chi connectivity index (χ4n) is 1.27. The van der Waals surface area contributed by atoms with Crippen LogP contribution in [0.5, 0.6) is 0 Å². The number of nitrogen functional groups attached to an aromatic ring is 1.